The average molecular weight is 170 g/mol. The molecule has 0 unspecified atom stereocenters. The predicted molar refractivity (Wildman–Crippen MR) is 45.5 cm³/mol. The summed E-state index contributed by atoms with van der Waals surface area (Å²) in [6, 6.07) is 0. The number of carbonyl (C=O) groups is 1. The maximum Gasteiger partial charge on any atom is 0.293 e. The molecule has 0 heterocycles. The van der Waals surface area contributed by atoms with Gasteiger partial charge in [-0.25, -0.2) is 0 Å². The minimum Gasteiger partial charge on any atom is -0.465 e. The Morgan fingerprint density at radius 2 is 2.17 bits per heavy atom. The zero-order chi connectivity index (χ0) is 9.07. The van der Waals surface area contributed by atoms with E-state index in [1.165, 1.54) is 0 Å². The molecule has 0 aromatic heterocycles. The van der Waals surface area contributed by atoms with E-state index in [9.17, 15) is 4.79 Å². The normalized spacial score (nSPS) is 8.42. The highest BCUT2D eigenvalue weighted by atomic mass is 16.5. The lowest BCUT2D eigenvalue weighted by Gasteiger charge is -1.96. The lowest BCUT2D eigenvalue weighted by Crippen LogP contribution is -2.02. The topological polar surface area (TPSA) is 35.5 Å². The van der Waals surface area contributed by atoms with Gasteiger partial charge in [-0.2, -0.15) is 0 Å². The molecule has 0 aliphatic rings. The molecule has 0 saturated carbocycles. The van der Waals surface area contributed by atoms with Crippen LogP contribution in [-0.2, 0) is 14.3 Å². The zero-order valence-electron chi connectivity index (χ0n) is 7.34. The van der Waals surface area contributed by atoms with Gasteiger partial charge in [0.25, 0.3) is 6.47 Å². The van der Waals surface area contributed by atoms with Crippen LogP contribution in [0, 0.1) is 11.8 Å². The van der Waals surface area contributed by atoms with E-state index in [1.54, 1.807) is 0 Å². The van der Waals surface area contributed by atoms with E-state index in [2.05, 4.69) is 23.5 Å². The number of ether oxygens (including phenoxy) is 2. The van der Waals surface area contributed by atoms with E-state index in [-0.39, 0.29) is 0 Å². The van der Waals surface area contributed by atoms with Crippen molar-refractivity contribution >= 4 is 6.47 Å². The van der Waals surface area contributed by atoms with Crippen LogP contribution in [0.1, 0.15) is 19.8 Å². The minimum absolute atomic E-state index is 0.305. The Morgan fingerprint density at radius 1 is 1.33 bits per heavy atom. The van der Waals surface area contributed by atoms with Crippen molar-refractivity contribution in [3.05, 3.63) is 0 Å². The van der Waals surface area contributed by atoms with Crippen LogP contribution < -0.4 is 0 Å². The Labute approximate surface area is 73.0 Å². The minimum atomic E-state index is 0.305. The van der Waals surface area contributed by atoms with E-state index < -0.39 is 0 Å². The third-order valence-electron chi connectivity index (χ3n) is 1.09. The van der Waals surface area contributed by atoms with Crippen LogP contribution >= 0.6 is 0 Å². The molecule has 12 heavy (non-hydrogen) atoms. The second-order valence-corrected chi connectivity index (χ2v) is 2.12. The molecular formula is C9H14O3. The van der Waals surface area contributed by atoms with Crippen molar-refractivity contribution in [2.45, 2.75) is 19.8 Å². The van der Waals surface area contributed by atoms with Gasteiger partial charge in [-0.3, -0.25) is 4.79 Å². The van der Waals surface area contributed by atoms with Gasteiger partial charge in [-0.05, 0) is 6.42 Å². The Morgan fingerprint density at radius 3 is 2.83 bits per heavy atom. The zero-order valence-corrected chi connectivity index (χ0v) is 7.34. The number of carbonyl (C=O) groups excluding carboxylic acids is 1. The predicted octanol–water partition coefficient (Wildman–Crippen LogP) is 0.980. The first-order valence-electron chi connectivity index (χ1n) is 4.00. The van der Waals surface area contributed by atoms with Gasteiger partial charge in [0, 0.05) is 6.42 Å². The molecule has 0 atom stereocenters. The Bertz CT molecular complexity index is 155. The van der Waals surface area contributed by atoms with Crippen LogP contribution in [0.4, 0.5) is 0 Å². The first-order chi connectivity index (χ1) is 5.91. The summed E-state index contributed by atoms with van der Waals surface area (Å²) in [6.45, 7) is 3.63. The van der Waals surface area contributed by atoms with E-state index in [0.717, 1.165) is 12.8 Å². The SMILES string of the molecule is CCCC#CCOCCOC=O. The Kier molecular flexibility index (Phi) is 9.15. The molecule has 0 fully saturated rings. The fraction of sp³-hybridized carbons (Fsp3) is 0.667. The first kappa shape index (κ1) is 11.0. The number of rotatable bonds is 6. The fourth-order valence-electron chi connectivity index (χ4n) is 0.543. The molecule has 3 heteroatoms. The first-order valence-corrected chi connectivity index (χ1v) is 4.00. The third kappa shape index (κ3) is 8.99. The summed E-state index contributed by atoms with van der Waals surface area (Å²) in [6.07, 6.45) is 1.98. The van der Waals surface area contributed by atoms with Crippen LogP contribution in [0.25, 0.3) is 0 Å². The standard InChI is InChI=1S/C9H14O3/c1-2-3-4-5-6-11-7-8-12-9-10/h9H,2-3,6-8H2,1H3. The summed E-state index contributed by atoms with van der Waals surface area (Å²) >= 11 is 0. The Hall–Kier alpha value is -1.01. The summed E-state index contributed by atoms with van der Waals surface area (Å²) in [5, 5.41) is 0. The molecule has 0 aliphatic carbocycles. The van der Waals surface area contributed by atoms with E-state index >= 15 is 0 Å². The quantitative estimate of drug-likeness (QED) is 0.338. The average Bonchev–Trinajstić information content (AvgIpc) is 2.10. The molecule has 0 amide bonds. The summed E-state index contributed by atoms with van der Waals surface area (Å²) in [5.74, 6) is 5.79. The second kappa shape index (κ2) is 9.99. The lowest BCUT2D eigenvalue weighted by atomic mass is 10.3. The summed E-state index contributed by atoms with van der Waals surface area (Å²) in [5.41, 5.74) is 0. The van der Waals surface area contributed by atoms with Crippen LogP contribution in [0.15, 0.2) is 0 Å². The third-order valence-corrected chi connectivity index (χ3v) is 1.09. The number of hydrogen-bond acceptors (Lipinski definition) is 3. The van der Waals surface area contributed by atoms with Gasteiger partial charge in [0.05, 0.1) is 6.61 Å². The van der Waals surface area contributed by atoms with Gasteiger partial charge < -0.3 is 9.47 Å². The van der Waals surface area contributed by atoms with Crippen molar-refractivity contribution in [1.29, 1.82) is 0 Å². The van der Waals surface area contributed by atoms with E-state index in [1.807, 2.05) is 0 Å². The van der Waals surface area contributed by atoms with Crippen LogP contribution in [0.2, 0.25) is 0 Å². The van der Waals surface area contributed by atoms with Gasteiger partial charge in [0.1, 0.15) is 13.2 Å². The molecule has 0 saturated heterocycles. The van der Waals surface area contributed by atoms with Crippen LogP contribution in [0.3, 0.4) is 0 Å². The van der Waals surface area contributed by atoms with Gasteiger partial charge in [-0.15, -0.1) is 5.92 Å². The van der Waals surface area contributed by atoms with Gasteiger partial charge in [-0.1, -0.05) is 12.8 Å². The van der Waals surface area contributed by atoms with Crippen LogP contribution in [-0.4, -0.2) is 26.3 Å². The van der Waals surface area contributed by atoms with Crippen molar-refractivity contribution in [3.8, 4) is 11.8 Å². The van der Waals surface area contributed by atoms with Gasteiger partial charge >= 0.3 is 0 Å². The molecular weight excluding hydrogens is 156 g/mol. The number of hydrogen-bond donors (Lipinski definition) is 0. The maximum atomic E-state index is 9.67. The highest BCUT2D eigenvalue weighted by Crippen LogP contribution is 1.81. The van der Waals surface area contributed by atoms with Gasteiger partial charge in [0.2, 0.25) is 0 Å². The number of unbranched alkanes of at least 4 members (excludes halogenated alkanes) is 1. The largest absolute Gasteiger partial charge is 0.465 e. The molecule has 0 rings (SSSR count). The fourth-order valence-corrected chi connectivity index (χ4v) is 0.543. The van der Waals surface area contributed by atoms with Gasteiger partial charge in [0.15, 0.2) is 0 Å². The molecule has 3 nitrogen and oxygen atoms in total. The molecule has 0 aliphatic heterocycles. The molecule has 0 bridgehead atoms. The summed E-state index contributed by atoms with van der Waals surface area (Å²) in [4.78, 5) is 9.67. The van der Waals surface area contributed by atoms with Crippen molar-refractivity contribution in [1.82, 2.24) is 0 Å². The van der Waals surface area contributed by atoms with E-state index in [0.29, 0.717) is 26.3 Å². The molecule has 0 aromatic rings. The molecule has 0 N–H and O–H groups in total. The smallest absolute Gasteiger partial charge is 0.293 e. The van der Waals surface area contributed by atoms with Crippen molar-refractivity contribution < 1.29 is 14.3 Å². The Balaban J connectivity index is 3.00. The second-order valence-electron chi connectivity index (χ2n) is 2.12. The summed E-state index contributed by atoms with van der Waals surface area (Å²) in [7, 11) is 0. The molecule has 68 valence electrons. The highest BCUT2D eigenvalue weighted by molar-refractivity contribution is 5.36. The maximum absolute atomic E-state index is 9.67. The van der Waals surface area contributed by atoms with E-state index in [4.69, 9.17) is 4.74 Å². The molecule has 0 spiro atoms. The van der Waals surface area contributed by atoms with Crippen LogP contribution in [0.5, 0.6) is 0 Å². The lowest BCUT2D eigenvalue weighted by molar-refractivity contribution is -0.130. The highest BCUT2D eigenvalue weighted by Gasteiger charge is 1.83. The molecule has 0 aromatic carbocycles. The van der Waals surface area contributed by atoms with Crippen molar-refractivity contribution in [2.75, 3.05) is 19.8 Å². The van der Waals surface area contributed by atoms with Crippen molar-refractivity contribution in [2.24, 2.45) is 0 Å². The van der Waals surface area contributed by atoms with Crippen molar-refractivity contribution in [3.63, 3.8) is 0 Å². The summed E-state index contributed by atoms with van der Waals surface area (Å²) < 4.78 is 9.43. The monoisotopic (exact) mass is 170 g/mol. The molecule has 0 radical (unpaired) electrons.